The Balaban J connectivity index is 1.60. The van der Waals surface area contributed by atoms with Gasteiger partial charge in [-0.05, 0) is 112 Å². The van der Waals surface area contributed by atoms with Crippen LogP contribution in [0.2, 0.25) is 0 Å². The molecule has 0 aromatic carbocycles. The van der Waals surface area contributed by atoms with E-state index in [1.165, 1.54) is 37.7 Å². The summed E-state index contributed by atoms with van der Waals surface area (Å²) in [5.41, 5.74) is 3.57. The topological polar surface area (TPSA) is 49.7 Å². The highest BCUT2D eigenvalue weighted by Gasteiger charge is 2.51. The minimum atomic E-state index is -0.520. The van der Waals surface area contributed by atoms with E-state index in [0.717, 1.165) is 57.1 Å². The second-order valence-corrected chi connectivity index (χ2v) is 11.1. The molecule has 0 spiro atoms. The SMILES string of the molecule is C=C1/C(=C\C=C2/CCCC3(C)C2CCC3C(C)OCCCC(O)(CC)CC)CCC[C@@H]1O. The summed E-state index contributed by atoms with van der Waals surface area (Å²) in [5.74, 6) is 1.25. The fourth-order valence-electron chi connectivity index (χ4n) is 6.87. The Bertz CT molecular complexity index is 701. The third kappa shape index (κ3) is 5.59. The molecule has 0 heterocycles. The predicted octanol–water partition coefficient (Wildman–Crippen LogP) is 6.89. The monoisotopic (exact) mass is 444 g/mol. The molecule has 182 valence electrons. The second kappa shape index (κ2) is 11.0. The van der Waals surface area contributed by atoms with Crippen molar-refractivity contribution in [2.45, 2.75) is 123 Å². The molecular formula is C29H48O3. The molecule has 3 saturated carbocycles. The predicted molar refractivity (Wildman–Crippen MR) is 134 cm³/mol. The van der Waals surface area contributed by atoms with E-state index >= 15 is 0 Å². The van der Waals surface area contributed by atoms with E-state index < -0.39 is 5.60 Å². The van der Waals surface area contributed by atoms with Gasteiger partial charge in [0, 0.05) is 6.61 Å². The summed E-state index contributed by atoms with van der Waals surface area (Å²) in [6.07, 6.45) is 17.2. The van der Waals surface area contributed by atoms with Crippen LogP contribution in [0.15, 0.2) is 35.5 Å². The van der Waals surface area contributed by atoms with Crippen LogP contribution >= 0.6 is 0 Å². The third-order valence-electron chi connectivity index (χ3n) is 9.32. The molecule has 0 bridgehead atoms. The van der Waals surface area contributed by atoms with Crippen molar-refractivity contribution in [1.82, 2.24) is 0 Å². The summed E-state index contributed by atoms with van der Waals surface area (Å²) >= 11 is 0. The van der Waals surface area contributed by atoms with Crippen molar-refractivity contribution in [1.29, 1.82) is 0 Å². The Morgan fingerprint density at radius 2 is 1.91 bits per heavy atom. The van der Waals surface area contributed by atoms with E-state index in [-0.39, 0.29) is 12.2 Å². The summed E-state index contributed by atoms with van der Waals surface area (Å²) in [6.45, 7) is 13.8. The minimum Gasteiger partial charge on any atom is -0.390 e. The Morgan fingerprint density at radius 1 is 1.16 bits per heavy atom. The van der Waals surface area contributed by atoms with Gasteiger partial charge in [-0.2, -0.15) is 0 Å². The number of hydrogen-bond donors (Lipinski definition) is 2. The van der Waals surface area contributed by atoms with Crippen LogP contribution in [0.1, 0.15) is 105 Å². The first-order valence-electron chi connectivity index (χ1n) is 13.3. The molecule has 3 nitrogen and oxygen atoms in total. The van der Waals surface area contributed by atoms with Gasteiger partial charge in [0.2, 0.25) is 0 Å². The average Bonchev–Trinajstić information content (AvgIpc) is 3.15. The summed E-state index contributed by atoms with van der Waals surface area (Å²) in [7, 11) is 0. The molecule has 0 amide bonds. The van der Waals surface area contributed by atoms with Crippen LogP contribution in [0.3, 0.4) is 0 Å². The first-order valence-corrected chi connectivity index (χ1v) is 13.3. The molecule has 0 aromatic heterocycles. The summed E-state index contributed by atoms with van der Waals surface area (Å²) in [5, 5.41) is 20.7. The van der Waals surface area contributed by atoms with Crippen LogP contribution < -0.4 is 0 Å². The zero-order chi connectivity index (χ0) is 23.4. The number of fused-ring (bicyclic) bond motifs is 1. The summed E-state index contributed by atoms with van der Waals surface area (Å²) < 4.78 is 6.36. The molecule has 3 fully saturated rings. The van der Waals surface area contributed by atoms with Crippen LogP contribution in [0.25, 0.3) is 0 Å². The molecule has 5 atom stereocenters. The quantitative estimate of drug-likeness (QED) is 0.381. The zero-order valence-corrected chi connectivity index (χ0v) is 21.2. The smallest absolute Gasteiger partial charge is 0.0787 e. The Kier molecular flexibility index (Phi) is 8.85. The molecule has 3 aliphatic carbocycles. The van der Waals surface area contributed by atoms with Gasteiger partial charge in [-0.3, -0.25) is 0 Å². The molecule has 3 heteroatoms. The number of aliphatic hydroxyl groups is 2. The van der Waals surface area contributed by atoms with Gasteiger partial charge in [-0.1, -0.05) is 45.1 Å². The lowest BCUT2D eigenvalue weighted by Gasteiger charge is -2.44. The number of aliphatic hydroxyl groups excluding tert-OH is 1. The lowest BCUT2D eigenvalue weighted by Crippen LogP contribution is -2.39. The first-order chi connectivity index (χ1) is 15.2. The van der Waals surface area contributed by atoms with E-state index in [0.29, 0.717) is 17.3 Å². The van der Waals surface area contributed by atoms with Crippen molar-refractivity contribution in [3.8, 4) is 0 Å². The maximum absolute atomic E-state index is 10.5. The Hall–Kier alpha value is -0.900. The van der Waals surface area contributed by atoms with Gasteiger partial charge in [0.25, 0.3) is 0 Å². The van der Waals surface area contributed by atoms with Crippen molar-refractivity contribution in [3.63, 3.8) is 0 Å². The van der Waals surface area contributed by atoms with Crippen molar-refractivity contribution >= 4 is 0 Å². The molecule has 0 aliphatic heterocycles. The largest absolute Gasteiger partial charge is 0.390 e. The standard InChI is InChI=1S/C29H48O3/c1-6-29(31,7-2)19-10-20-32-22(4)25-16-17-26-24(12-9-18-28(25,26)5)15-14-23-11-8-13-27(30)21(23)3/h14-15,22,25-27,30-31H,3,6-13,16-20H2,1-2,4-5H3/b23-14-,24-15+/t22?,25?,26?,27-,28?/m0/s1. The van der Waals surface area contributed by atoms with E-state index in [1.54, 1.807) is 5.57 Å². The molecule has 4 unspecified atom stereocenters. The first kappa shape index (κ1) is 25.7. The van der Waals surface area contributed by atoms with Crippen molar-refractivity contribution in [3.05, 3.63) is 35.5 Å². The molecule has 0 aromatic rings. The minimum absolute atomic E-state index is 0.271. The summed E-state index contributed by atoms with van der Waals surface area (Å²) in [4.78, 5) is 0. The van der Waals surface area contributed by atoms with Crippen LogP contribution in [0.4, 0.5) is 0 Å². The van der Waals surface area contributed by atoms with Crippen LogP contribution in [0.5, 0.6) is 0 Å². The van der Waals surface area contributed by atoms with Crippen LogP contribution in [0, 0.1) is 17.3 Å². The number of allylic oxidation sites excluding steroid dienone is 3. The van der Waals surface area contributed by atoms with Gasteiger partial charge in [-0.15, -0.1) is 0 Å². The number of ether oxygens (including phenoxy) is 1. The highest BCUT2D eigenvalue weighted by atomic mass is 16.5. The number of rotatable bonds is 9. The molecule has 0 radical (unpaired) electrons. The third-order valence-corrected chi connectivity index (χ3v) is 9.32. The van der Waals surface area contributed by atoms with Crippen molar-refractivity contribution in [2.75, 3.05) is 6.61 Å². The maximum atomic E-state index is 10.5. The van der Waals surface area contributed by atoms with Gasteiger partial charge in [0.1, 0.15) is 0 Å². The second-order valence-electron chi connectivity index (χ2n) is 11.1. The molecule has 32 heavy (non-hydrogen) atoms. The van der Waals surface area contributed by atoms with Crippen molar-refractivity contribution < 1.29 is 14.9 Å². The van der Waals surface area contributed by atoms with Crippen molar-refractivity contribution in [2.24, 2.45) is 17.3 Å². The normalized spacial score (nSPS) is 34.8. The Labute approximate surface area is 197 Å². The van der Waals surface area contributed by atoms with E-state index in [4.69, 9.17) is 4.74 Å². The van der Waals surface area contributed by atoms with Crippen LogP contribution in [-0.4, -0.2) is 34.6 Å². The molecule has 3 rings (SSSR count). The van der Waals surface area contributed by atoms with Crippen LogP contribution in [-0.2, 0) is 4.74 Å². The van der Waals surface area contributed by atoms with Gasteiger partial charge in [0.05, 0.1) is 17.8 Å². The average molecular weight is 445 g/mol. The van der Waals surface area contributed by atoms with Gasteiger partial charge < -0.3 is 14.9 Å². The highest BCUT2D eigenvalue weighted by molar-refractivity contribution is 5.37. The van der Waals surface area contributed by atoms with E-state index in [1.807, 2.05) is 0 Å². The maximum Gasteiger partial charge on any atom is 0.0787 e. The molecule has 0 saturated heterocycles. The molecule has 3 aliphatic rings. The number of hydrogen-bond acceptors (Lipinski definition) is 3. The fraction of sp³-hybridized carbons (Fsp3) is 0.793. The van der Waals surface area contributed by atoms with E-state index in [9.17, 15) is 10.2 Å². The highest BCUT2D eigenvalue weighted by Crippen LogP contribution is 2.58. The van der Waals surface area contributed by atoms with E-state index in [2.05, 4.69) is 46.4 Å². The van der Waals surface area contributed by atoms with Gasteiger partial charge >= 0.3 is 0 Å². The van der Waals surface area contributed by atoms with Gasteiger partial charge in [0.15, 0.2) is 0 Å². The molecule has 2 N–H and O–H groups in total. The van der Waals surface area contributed by atoms with Gasteiger partial charge in [-0.25, -0.2) is 0 Å². The fourth-order valence-corrected chi connectivity index (χ4v) is 6.87. The zero-order valence-electron chi connectivity index (χ0n) is 21.2. The lowest BCUT2D eigenvalue weighted by molar-refractivity contribution is -0.0365. The lowest BCUT2D eigenvalue weighted by atomic mass is 9.62. The Morgan fingerprint density at radius 3 is 2.62 bits per heavy atom. The molecular weight excluding hydrogens is 396 g/mol. The summed E-state index contributed by atoms with van der Waals surface area (Å²) in [6, 6.07) is 0.